The minimum absolute atomic E-state index is 0.0365. The van der Waals surface area contributed by atoms with Gasteiger partial charge in [-0.15, -0.1) is 6.58 Å². The lowest BCUT2D eigenvalue weighted by atomic mass is 9.71. The topological polar surface area (TPSA) is 86.3 Å². The number of rotatable bonds is 8. The van der Waals surface area contributed by atoms with Gasteiger partial charge in [-0.1, -0.05) is 48.5 Å². The SMILES string of the molecule is C=CCCC(C[N+](=O)[O-])(c1ccccc1)c1ccc([N+](=O)[O-])cc1. The van der Waals surface area contributed by atoms with Gasteiger partial charge in [-0.25, -0.2) is 0 Å². The summed E-state index contributed by atoms with van der Waals surface area (Å²) in [5.74, 6) is 0. The molecule has 0 spiro atoms. The highest BCUT2D eigenvalue weighted by Gasteiger charge is 2.39. The first kappa shape index (κ1) is 17.3. The van der Waals surface area contributed by atoms with Gasteiger partial charge in [0.25, 0.3) is 5.69 Å². The molecule has 0 heterocycles. The molecule has 0 aromatic heterocycles. The van der Waals surface area contributed by atoms with E-state index in [1.807, 2.05) is 30.3 Å². The normalized spacial score (nSPS) is 13.0. The zero-order valence-electron chi connectivity index (χ0n) is 13.1. The second-order valence-corrected chi connectivity index (χ2v) is 5.57. The summed E-state index contributed by atoms with van der Waals surface area (Å²) in [6.07, 6.45) is 2.82. The van der Waals surface area contributed by atoms with Crippen LogP contribution in [0.3, 0.4) is 0 Å². The first-order chi connectivity index (χ1) is 11.5. The van der Waals surface area contributed by atoms with Crippen LogP contribution in [0.2, 0.25) is 0 Å². The third-order valence-corrected chi connectivity index (χ3v) is 4.13. The van der Waals surface area contributed by atoms with Crippen molar-refractivity contribution in [2.45, 2.75) is 18.3 Å². The highest BCUT2D eigenvalue weighted by molar-refractivity contribution is 5.43. The average molecular weight is 326 g/mol. The number of nitro groups is 2. The van der Waals surface area contributed by atoms with Gasteiger partial charge in [0.2, 0.25) is 6.54 Å². The Labute approximate surface area is 139 Å². The van der Waals surface area contributed by atoms with Gasteiger partial charge >= 0.3 is 0 Å². The van der Waals surface area contributed by atoms with Crippen LogP contribution in [-0.2, 0) is 5.41 Å². The lowest BCUT2D eigenvalue weighted by molar-refractivity contribution is -0.489. The van der Waals surface area contributed by atoms with E-state index < -0.39 is 10.3 Å². The fraction of sp³-hybridized carbons (Fsp3) is 0.222. The zero-order valence-corrected chi connectivity index (χ0v) is 13.1. The second-order valence-electron chi connectivity index (χ2n) is 5.57. The number of nitro benzene ring substituents is 1. The summed E-state index contributed by atoms with van der Waals surface area (Å²) in [7, 11) is 0. The molecule has 0 fully saturated rings. The minimum Gasteiger partial charge on any atom is -0.264 e. The highest BCUT2D eigenvalue weighted by atomic mass is 16.6. The van der Waals surface area contributed by atoms with E-state index in [2.05, 4.69) is 6.58 Å². The van der Waals surface area contributed by atoms with Gasteiger partial charge in [0.1, 0.15) is 0 Å². The number of allylic oxidation sites excluding steroid dienone is 1. The molecule has 2 aromatic carbocycles. The molecule has 2 rings (SSSR count). The highest BCUT2D eigenvalue weighted by Crippen LogP contribution is 2.38. The summed E-state index contributed by atoms with van der Waals surface area (Å²) in [6, 6.07) is 15.2. The van der Waals surface area contributed by atoms with E-state index in [1.165, 1.54) is 12.1 Å². The summed E-state index contributed by atoms with van der Waals surface area (Å²) >= 11 is 0. The molecule has 2 aromatic rings. The van der Waals surface area contributed by atoms with Gasteiger partial charge in [0.05, 0.1) is 10.3 Å². The van der Waals surface area contributed by atoms with Crippen molar-refractivity contribution >= 4 is 5.69 Å². The summed E-state index contributed by atoms with van der Waals surface area (Å²) < 4.78 is 0. The molecule has 0 bridgehead atoms. The van der Waals surface area contributed by atoms with Crippen molar-refractivity contribution in [3.05, 3.63) is 98.6 Å². The smallest absolute Gasteiger partial charge is 0.264 e. The van der Waals surface area contributed by atoms with Crippen LogP contribution in [0.15, 0.2) is 67.3 Å². The van der Waals surface area contributed by atoms with Crippen LogP contribution in [-0.4, -0.2) is 16.4 Å². The molecule has 0 aliphatic rings. The first-order valence-corrected chi connectivity index (χ1v) is 7.53. The molecule has 6 heteroatoms. The monoisotopic (exact) mass is 326 g/mol. The van der Waals surface area contributed by atoms with Crippen LogP contribution >= 0.6 is 0 Å². The van der Waals surface area contributed by atoms with Gasteiger partial charge < -0.3 is 0 Å². The van der Waals surface area contributed by atoms with Crippen LogP contribution < -0.4 is 0 Å². The van der Waals surface area contributed by atoms with E-state index in [4.69, 9.17) is 0 Å². The number of benzene rings is 2. The number of nitrogens with zero attached hydrogens (tertiary/aromatic N) is 2. The predicted molar refractivity (Wildman–Crippen MR) is 91.6 cm³/mol. The Hall–Kier alpha value is -3.02. The Kier molecular flexibility index (Phi) is 5.42. The Morgan fingerprint density at radius 2 is 1.54 bits per heavy atom. The van der Waals surface area contributed by atoms with Crippen molar-refractivity contribution in [3.8, 4) is 0 Å². The molecule has 0 N–H and O–H groups in total. The van der Waals surface area contributed by atoms with Crippen molar-refractivity contribution in [3.63, 3.8) is 0 Å². The zero-order chi connectivity index (χ0) is 17.6. The molecule has 0 saturated carbocycles. The lowest BCUT2D eigenvalue weighted by Gasteiger charge is -2.31. The van der Waals surface area contributed by atoms with Crippen LogP contribution in [0.25, 0.3) is 0 Å². The van der Waals surface area contributed by atoms with Gasteiger partial charge in [-0.2, -0.15) is 0 Å². The molecule has 1 atom stereocenters. The predicted octanol–water partition coefficient (Wildman–Crippen LogP) is 4.12. The molecular formula is C18H18N2O4. The summed E-state index contributed by atoms with van der Waals surface area (Å²) in [5, 5.41) is 22.2. The standard InChI is InChI=1S/C18H18N2O4/c1-2-3-13-18(14-19(21)22,15-7-5-4-6-8-15)16-9-11-17(12-10-16)20(23)24/h2,4-12H,1,3,13-14H2. The van der Waals surface area contributed by atoms with Crippen LogP contribution in [0.1, 0.15) is 24.0 Å². The van der Waals surface area contributed by atoms with Crippen molar-refractivity contribution in [1.82, 2.24) is 0 Å². The molecule has 24 heavy (non-hydrogen) atoms. The summed E-state index contributed by atoms with van der Waals surface area (Å²) in [6.45, 7) is 3.42. The maximum absolute atomic E-state index is 11.4. The van der Waals surface area contributed by atoms with E-state index in [0.29, 0.717) is 18.4 Å². The molecule has 0 amide bonds. The van der Waals surface area contributed by atoms with Crippen LogP contribution in [0.5, 0.6) is 0 Å². The Morgan fingerprint density at radius 1 is 0.958 bits per heavy atom. The van der Waals surface area contributed by atoms with Crippen molar-refractivity contribution < 1.29 is 9.85 Å². The Morgan fingerprint density at radius 3 is 2.04 bits per heavy atom. The number of non-ortho nitro benzene ring substituents is 1. The van der Waals surface area contributed by atoms with Gasteiger partial charge in [-0.3, -0.25) is 20.2 Å². The largest absolute Gasteiger partial charge is 0.269 e. The number of hydrogen-bond donors (Lipinski definition) is 0. The van der Waals surface area contributed by atoms with Gasteiger partial charge in [-0.05, 0) is 24.0 Å². The van der Waals surface area contributed by atoms with Crippen molar-refractivity contribution in [1.29, 1.82) is 0 Å². The second kappa shape index (κ2) is 7.50. The Balaban J connectivity index is 2.60. The van der Waals surface area contributed by atoms with E-state index in [-0.39, 0.29) is 17.2 Å². The molecule has 6 nitrogen and oxygen atoms in total. The van der Waals surface area contributed by atoms with E-state index in [9.17, 15) is 20.2 Å². The quantitative estimate of drug-likeness (QED) is 0.415. The fourth-order valence-corrected chi connectivity index (χ4v) is 2.95. The van der Waals surface area contributed by atoms with E-state index in [1.54, 1.807) is 18.2 Å². The maximum atomic E-state index is 11.4. The van der Waals surface area contributed by atoms with Gasteiger partial charge in [0.15, 0.2) is 0 Å². The Bertz CT molecular complexity index is 728. The van der Waals surface area contributed by atoms with Crippen molar-refractivity contribution in [2.75, 3.05) is 6.54 Å². The molecular weight excluding hydrogens is 308 g/mol. The summed E-state index contributed by atoms with van der Waals surface area (Å²) in [5.41, 5.74) is 0.620. The van der Waals surface area contributed by atoms with Crippen molar-refractivity contribution in [2.24, 2.45) is 0 Å². The number of hydrogen-bond acceptors (Lipinski definition) is 4. The third kappa shape index (κ3) is 3.65. The average Bonchev–Trinajstić information content (AvgIpc) is 2.59. The van der Waals surface area contributed by atoms with Crippen LogP contribution in [0, 0.1) is 20.2 Å². The minimum atomic E-state index is -0.853. The maximum Gasteiger partial charge on any atom is 0.269 e. The first-order valence-electron chi connectivity index (χ1n) is 7.53. The van der Waals surface area contributed by atoms with E-state index in [0.717, 1.165) is 5.56 Å². The molecule has 0 aliphatic heterocycles. The molecule has 0 saturated heterocycles. The lowest BCUT2D eigenvalue weighted by Crippen LogP contribution is -2.35. The molecule has 1 unspecified atom stereocenters. The fourth-order valence-electron chi connectivity index (χ4n) is 2.95. The molecule has 0 aliphatic carbocycles. The van der Waals surface area contributed by atoms with Crippen LogP contribution in [0.4, 0.5) is 5.69 Å². The van der Waals surface area contributed by atoms with E-state index >= 15 is 0 Å². The summed E-state index contributed by atoms with van der Waals surface area (Å²) in [4.78, 5) is 21.4. The molecule has 124 valence electrons. The van der Waals surface area contributed by atoms with Gasteiger partial charge in [0, 0.05) is 17.1 Å². The third-order valence-electron chi connectivity index (χ3n) is 4.13. The molecule has 0 radical (unpaired) electrons.